The molecule has 3 amide bonds. The van der Waals surface area contributed by atoms with Gasteiger partial charge in [0.25, 0.3) is 11.8 Å². The number of aromatic nitrogens is 4. The molecule has 1 aromatic carbocycles. The van der Waals surface area contributed by atoms with Gasteiger partial charge < -0.3 is 16.0 Å². The highest BCUT2D eigenvalue weighted by Crippen LogP contribution is 2.27. The lowest BCUT2D eigenvalue weighted by Gasteiger charge is -2.23. The highest BCUT2D eigenvalue weighted by atomic mass is 32.1. The van der Waals surface area contributed by atoms with Crippen molar-refractivity contribution in [2.45, 2.75) is 52.2 Å². The average Bonchev–Trinajstić information content (AvgIpc) is 3.70. The quantitative estimate of drug-likeness (QED) is 0.301. The van der Waals surface area contributed by atoms with Crippen LogP contribution in [0.4, 0.5) is 0 Å². The molecule has 1 aliphatic rings. The zero-order valence-electron chi connectivity index (χ0n) is 24.9. The van der Waals surface area contributed by atoms with Crippen molar-refractivity contribution in [1.29, 1.82) is 0 Å². The van der Waals surface area contributed by atoms with Crippen molar-refractivity contribution >= 4 is 40.4 Å². The minimum absolute atomic E-state index is 0.0301. The molecule has 0 spiro atoms. The molecule has 0 aliphatic carbocycles. The molecule has 13 heteroatoms. The number of hydrogen-bond donors (Lipinski definition) is 3. The SMILES string of the molecule is Cc1cnc(CN2CCCNC(=O)c3csc(n3)[C@H](C(C)C)NC(=O)c3csc(n3)[C@H](Cc3ccccc3)NC(=O)C2)cn1. The maximum atomic E-state index is 13.5. The summed E-state index contributed by atoms with van der Waals surface area (Å²) in [7, 11) is 0. The number of nitrogens with zero attached hydrogens (tertiary/aromatic N) is 5. The van der Waals surface area contributed by atoms with Crippen LogP contribution in [0.15, 0.2) is 53.5 Å². The average molecular weight is 633 g/mol. The first kappa shape index (κ1) is 31.4. The number of aryl methyl sites for hydroxylation is 1. The van der Waals surface area contributed by atoms with Gasteiger partial charge in [-0.2, -0.15) is 0 Å². The third-order valence-corrected chi connectivity index (χ3v) is 9.05. The predicted molar refractivity (Wildman–Crippen MR) is 169 cm³/mol. The van der Waals surface area contributed by atoms with Gasteiger partial charge in [0.05, 0.1) is 30.0 Å². The minimum Gasteiger partial charge on any atom is -0.351 e. The number of nitrogens with one attached hydrogen (secondary N) is 3. The van der Waals surface area contributed by atoms with E-state index < -0.39 is 6.04 Å². The van der Waals surface area contributed by atoms with Crippen molar-refractivity contribution in [3.05, 3.63) is 91.8 Å². The zero-order chi connectivity index (χ0) is 31.1. The van der Waals surface area contributed by atoms with E-state index >= 15 is 0 Å². The largest absolute Gasteiger partial charge is 0.351 e. The van der Waals surface area contributed by atoms with Crippen molar-refractivity contribution < 1.29 is 14.4 Å². The van der Waals surface area contributed by atoms with Crippen LogP contribution >= 0.6 is 22.7 Å². The fraction of sp³-hybridized carbons (Fsp3) is 0.387. The number of hydrogen-bond acceptors (Lipinski definition) is 10. The number of thiazole rings is 2. The van der Waals surface area contributed by atoms with E-state index in [0.717, 1.165) is 17.0 Å². The molecule has 0 fully saturated rings. The second-order valence-corrected chi connectivity index (χ2v) is 12.9. The summed E-state index contributed by atoms with van der Waals surface area (Å²) in [6.07, 6.45) is 4.56. The number of rotatable bonds is 5. The lowest BCUT2D eigenvalue weighted by atomic mass is 10.0. The molecular weight excluding hydrogens is 597 g/mol. The van der Waals surface area contributed by atoms with Gasteiger partial charge in [-0.15, -0.1) is 22.7 Å². The Balaban J connectivity index is 1.44. The molecule has 44 heavy (non-hydrogen) atoms. The van der Waals surface area contributed by atoms with Crippen LogP contribution in [0.5, 0.6) is 0 Å². The van der Waals surface area contributed by atoms with E-state index in [2.05, 4.69) is 35.9 Å². The maximum absolute atomic E-state index is 13.5. The van der Waals surface area contributed by atoms with Crippen LogP contribution in [0.25, 0.3) is 0 Å². The Kier molecular flexibility index (Phi) is 10.4. The van der Waals surface area contributed by atoms with Crippen molar-refractivity contribution in [3.8, 4) is 0 Å². The lowest BCUT2D eigenvalue weighted by Crippen LogP contribution is -2.40. The number of carbonyl (C=O) groups is 3. The molecule has 1 aliphatic heterocycles. The van der Waals surface area contributed by atoms with Crippen LogP contribution in [-0.2, 0) is 17.8 Å². The lowest BCUT2D eigenvalue weighted by molar-refractivity contribution is -0.123. The normalized spacial score (nSPS) is 19.0. The maximum Gasteiger partial charge on any atom is 0.271 e. The van der Waals surface area contributed by atoms with Gasteiger partial charge in [-0.05, 0) is 31.2 Å². The monoisotopic (exact) mass is 632 g/mol. The van der Waals surface area contributed by atoms with Gasteiger partial charge in [-0.3, -0.25) is 29.3 Å². The highest BCUT2D eigenvalue weighted by Gasteiger charge is 2.27. The van der Waals surface area contributed by atoms with Crippen molar-refractivity contribution in [1.82, 2.24) is 40.8 Å². The van der Waals surface area contributed by atoms with E-state index in [4.69, 9.17) is 0 Å². The van der Waals surface area contributed by atoms with E-state index in [1.807, 2.05) is 56.0 Å². The van der Waals surface area contributed by atoms with Crippen molar-refractivity contribution in [2.75, 3.05) is 19.6 Å². The Morgan fingerprint density at radius 3 is 2.39 bits per heavy atom. The van der Waals surface area contributed by atoms with Crippen molar-refractivity contribution in [3.63, 3.8) is 0 Å². The van der Waals surface area contributed by atoms with Crippen LogP contribution in [0, 0.1) is 12.8 Å². The summed E-state index contributed by atoms with van der Waals surface area (Å²) in [5.41, 5.74) is 3.19. The van der Waals surface area contributed by atoms with E-state index in [0.29, 0.717) is 48.2 Å². The fourth-order valence-electron chi connectivity index (χ4n) is 4.85. The molecule has 11 nitrogen and oxygen atoms in total. The molecule has 0 unspecified atom stereocenters. The number of carbonyl (C=O) groups excluding carboxylic acids is 3. The van der Waals surface area contributed by atoms with Crippen LogP contribution < -0.4 is 16.0 Å². The standard InChI is InChI=1S/C31H36N8O3S2/c1-19(2)27-31-37-24(17-44-31)28(41)32-10-7-11-39(15-22-14-33-20(3)13-34-22)16-26(40)35-23(12-21-8-5-4-6-9-21)30-36-25(18-43-30)29(42)38-27/h4-6,8-9,13-14,17-19,23,27H,7,10-12,15-16H2,1-3H3,(H,32,41)(H,35,40)(H,38,42)/t23-,27-/m0/s1. The smallest absolute Gasteiger partial charge is 0.271 e. The Labute approximate surface area is 264 Å². The number of benzene rings is 1. The highest BCUT2D eigenvalue weighted by molar-refractivity contribution is 7.10. The van der Waals surface area contributed by atoms with E-state index in [9.17, 15) is 14.4 Å². The van der Waals surface area contributed by atoms with E-state index in [1.165, 1.54) is 22.7 Å². The molecule has 3 N–H and O–H groups in total. The Morgan fingerprint density at radius 1 is 0.932 bits per heavy atom. The molecule has 4 heterocycles. The van der Waals surface area contributed by atoms with Gasteiger partial charge in [0.15, 0.2) is 0 Å². The summed E-state index contributed by atoms with van der Waals surface area (Å²) in [6.45, 7) is 7.35. The molecule has 5 rings (SSSR count). The Bertz CT molecular complexity index is 1570. The molecule has 0 saturated heterocycles. The second kappa shape index (κ2) is 14.6. The molecule has 2 atom stereocenters. The van der Waals surface area contributed by atoms with Gasteiger partial charge >= 0.3 is 0 Å². The van der Waals surface area contributed by atoms with Gasteiger partial charge in [0.1, 0.15) is 21.4 Å². The minimum atomic E-state index is -0.429. The Morgan fingerprint density at radius 2 is 1.66 bits per heavy atom. The van der Waals surface area contributed by atoms with E-state index in [-0.39, 0.29) is 41.9 Å². The first-order chi connectivity index (χ1) is 21.2. The van der Waals surface area contributed by atoms with Crippen LogP contribution in [0.2, 0.25) is 0 Å². The van der Waals surface area contributed by atoms with Crippen LogP contribution in [0.3, 0.4) is 0 Å². The summed E-state index contributed by atoms with van der Waals surface area (Å²) in [6, 6.07) is 9.06. The molecule has 3 aromatic heterocycles. The second-order valence-electron chi connectivity index (χ2n) is 11.1. The Hall–Kier alpha value is -4.07. The van der Waals surface area contributed by atoms with Gasteiger partial charge in [-0.25, -0.2) is 9.97 Å². The summed E-state index contributed by atoms with van der Waals surface area (Å²) >= 11 is 2.69. The van der Waals surface area contributed by atoms with E-state index in [1.54, 1.807) is 23.2 Å². The van der Waals surface area contributed by atoms with Crippen LogP contribution in [-0.4, -0.2) is 62.2 Å². The third-order valence-electron chi connectivity index (χ3n) is 7.17. The van der Waals surface area contributed by atoms with Crippen LogP contribution in [0.1, 0.15) is 80.3 Å². The summed E-state index contributed by atoms with van der Waals surface area (Å²) < 4.78 is 0. The van der Waals surface area contributed by atoms with Gasteiger partial charge in [0.2, 0.25) is 5.91 Å². The molecule has 4 bridgehead atoms. The predicted octanol–water partition coefficient (Wildman–Crippen LogP) is 3.86. The first-order valence-electron chi connectivity index (χ1n) is 14.6. The number of amides is 3. The summed E-state index contributed by atoms with van der Waals surface area (Å²) in [5.74, 6) is -0.757. The molecular formula is C31H36N8O3S2. The van der Waals surface area contributed by atoms with Gasteiger partial charge in [-0.1, -0.05) is 44.2 Å². The zero-order valence-corrected chi connectivity index (χ0v) is 26.6. The fourth-order valence-corrected chi connectivity index (χ4v) is 6.72. The van der Waals surface area contributed by atoms with Crippen molar-refractivity contribution in [2.24, 2.45) is 5.92 Å². The number of fused-ring (bicyclic) bond motifs is 4. The topological polar surface area (TPSA) is 142 Å². The molecule has 0 saturated carbocycles. The van der Waals surface area contributed by atoms with Gasteiger partial charge in [0, 0.05) is 42.8 Å². The molecule has 4 aromatic rings. The first-order valence-corrected chi connectivity index (χ1v) is 16.3. The third kappa shape index (κ3) is 8.30. The molecule has 0 radical (unpaired) electrons. The summed E-state index contributed by atoms with van der Waals surface area (Å²) in [5, 5.41) is 13.9. The summed E-state index contributed by atoms with van der Waals surface area (Å²) in [4.78, 5) is 59.8. The molecule has 230 valence electrons.